The molecule has 1 aromatic carbocycles. The molecule has 1 aromatic heterocycles. The number of hydrogen-bond donors (Lipinski definition) is 1. The summed E-state index contributed by atoms with van der Waals surface area (Å²) in [5.41, 5.74) is 5.94. The molecule has 0 spiro atoms. The van der Waals surface area contributed by atoms with E-state index in [9.17, 15) is 4.39 Å². The SMILES string of the molecule is CC(N)C(Oc1cc(F)ccc1Br)c1ccc(Cl)s1. The van der Waals surface area contributed by atoms with Crippen LogP contribution in [0, 0.1) is 5.82 Å². The normalized spacial score (nSPS) is 14.2. The van der Waals surface area contributed by atoms with Crippen molar-refractivity contribution in [2.24, 2.45) is 5.73 Å². The van der Waals surface area contributed by atoms with Crippen molar-refractivity contribution >= 4 is 38.9 Å². The molecule has 19 heavy (non-hydrogen) atoms. The van der Waals surface area contributed by atoms with Gasteiger partial charge in [-0.1, -0.05) is 11.6 Å². The van der Waals surface area contributed by atoms with Gasteiger partial charge < -0.3 is 10.5 Å². The van der Waals surface area contributed by atoms with Gasteiger partial charge in [0.1, 0.15) is 17.7 Å². The van der Waals surface area contributed by atoms with E-state index in [2.05, 4.69) is 15.9 Å². The summed E-state index contributed by atoms with van der Waals surface area (Å²) in [5, 5.41) is 0. The second-order valence-electron chi connectivity index (χ2n) is 4.11. The van der Waals surface area contributed by atoms with Crippen LogP contribution in [0.5, 0.6) is 5.75 Å². The summed E-state index contributed by atoms with van der Waals surface area (Å²) < 4.78 is 20.4. The van der Waals surface area contributed by atoms with E-state index in [1.54, 1.807) is 12.1 Å². The van der Waals surface area contributed by atoms with Crippen molar-refractivity contribution in [3.05, 3.63) is 49.8 Å². The smallest absolute Gasteiger partial charge is 0.148 e. The molecule has 0 radical (unpaired) electrons. The predicted octanol–water partition coefficient (Wildman–Crippen LogP) is 4.77. The Morgan fingerprint density at radius 3 is 2.68 bits per heavy atom. The van der Waals surface area contributed by atoms with Crippen LogP contribution in [0.3, 0.4) is 0 Å². The summed E-state index contributed by atoms with van der Waals surface area (Å²) in [6.07, 6.45) is -0.365. The minimum atomic E-state index is -0.365. The summed E-state index contributed by atoms with van der Waals surface area (Å²) in [6.45, 7) is 1.84. The molecular formula is C13H12BrClFNOS. The number of thiophene rings is 1. The zero-order chi connectivity index (χ0) is 14.0. The van der Waals surface area contributed by atoms with Gasteiger partial charge in [-0.25, -0.2) is 4.39 Å². The van der Waals surface area contributed by atoms with Crippen LogP contribution < -0.4 is 10.5 Å². The first-order valence-electron chi connectivity index (χ1n) is 5.60. The van der Waals surface area contributed by atoms with Crippen LogP contribution in [0.25, 0.3) is 0 Å². The van der Waals surface area contributed by atoms with Crippen molar-refractivity contribution in [3.8, 4) is 5.75 Å². The Bertz CT molecular complexity index is 576. The molecule has 2 aromatic rings. The molecule has 0 amide bonds. The van der Waals surface area contributed by atoms with E-state index < -0.39 is 0 Å². The molecule has 0 fully saturated rings. The Kier molecular flexibility index (Phi) is 4.84. The summed E-state index contributed by atoms with van der Waals surface area (Å²) in [4.78, 5) is 0.913. The van der Waals surface area contributed by atoms with Crippen LogP contribution in [0.15, 0.2) is 34.8 Å². The lowest BCUT2D eigenvalue weighted by atomic mass is 10.1. The maximum Gasteiger partial charge on any atom is 0.148 e. The third-order valence-corrected chi connectivity index (χ3v) is 4.45. The molecule has 2 N–H and O–H groups in total. The molecule has 102 valence electrons. The zero-order valence-electron chi connectivity index (χ0n) is 10.1. The fourth-order valence-electron chi connectivity index (χ4n) is 1.61. The monoisotopic (exact) mass is 363 g/mol. The second-order valence-corrected chi connectivity index (χ2v) is 6.72. The van der Waals surface area contributed by atoms with Gasteiger partial charge in [0.05, 0.1) is 8.81 Å². The molecule has 2 rings (SSSR count). The average Bonchev–Trinajstić information content (AvgIpc) is 2.76. The summed E-state index contributed by atoms with van der Waals surface area (Å²) in [5.74, 6) is 0.0673. The van der Waals surface area contributed by atoms with Crippen molar-refractivity contribution in [2.45, 2.75) is 19.1 Å². The largest absolute Gasteiger partial charge is 0.482 e. The molecule has 0 saturated heterocycles. The predicted molar refractivity (Wildman–Crippen MR) is 80.4 cm³/mol. The van der Waals surface area contributed by atoms with Crippen LogP contribution in [0.4, 0.5) is 4.39 Å². The Morgan fingerprint density at radius 2 is 2.11 bits per heavy atom. The number of ether oxygens (including phenoxy) is 1. The van der Waals surface area contributed by atoms with E-state index >= 15 is 0 Å². The number of nitrogens with two attached hydrogens (primary N) is 1. The Balaban J connectivity index is 2.29. The summed E-state index contributed by atoms with van der Waals surface area (Å²) in [7, 11) is 0. The van der Waals surface area contributed by atoms with Crippen LogP contribution in [-0.2, 0) is 0 Å². The summed E-state index contributed by atoms with van der Waals surface area (Å²) >= 11 is 10.7. The maximum atomic E-state index is 13.3. The fraction of sp³-hybridized carbons (Fsp3) is 0.231. The topological polar surface area (TPSA) is 35.2 Å². The van der Waals surface area contributed by atoms with Crippen LogP contribution >= 0.6 is 38.9 Å². The number of benzene rings is 1. The van der Waals surface area contributed by atoms with Gasteiger partial charge in [0, 0.05) is 17.0 Å². The highest BCUT2D eigenvalue weighted by Crippen LogP contribution is 2.34. The Hall–Kier alpha value is -0.620. The van der Waals surface area contributed by atoms with Crippen molar-refractivity contribution < 1.29 is 9.13 Å². The van der Waals surface area contributed by atoms with Crippen molar-refractivity contribution in [1.29, 1.82) is 0 Å². The number of rotatable bonds is 4. The van der Waals surface area contributed by atoms with Gasteiger partial charge >= 0.3 is 0 Å². The van der Waals surface area contributed by atoms with E-state index in [-0.39, 0.29) is 18.0 Å². The molecule has 2 nitrogen and oxygen atoms in total. The van der Waals surface area contributed by atoms with E-state index in [1.807, 2.05) is 13.0 Å². The number of hydrogen-bond acceptors (Lipinski definition) is 3. The van der Waals surface area contributed by atoms with Crippen LogP contribution in [-0.4, -0.2) is 6.04 Å². The Labute approximate surface area is 128 Å². The molecule has 2 atom stereocenters. The van der Waals surface area contributed by atoms with Gasteiger partial charge in [-0.05, 0) is 47.1 Å². The molecule has 6 heteroatoms. The molecule has 1 heterocycles. The highest BCUT2D eigenvalue weighted by atomic mass is 79.9. The van der Waals surface area contributed by atoms with E-state index in [0.29, 0.717) is 14.6 Å². The lowest BCUT2D eigenvalue weighted by Crippen LogP contribution is -2.28. The van der Waals surface area contributed by atoms with Crippen molar-refractivity contribution in [1.82, 2.24) is 0 Å². The minimum absolute atomic E-state index is 0.245. The highest BCUT2D eigenvalue weighted by molar-refractivity contribution is 9.10. The van der Waals surface area contributed by atoms with Gasteiger partial charge in [-0.15, -0.1) is 11.3 Å². The van der Waals surface area contributed by atoms with Crippen LogP contribution in [0.2, 0.25) is 4.34 Å². The van der Waals surface area contributed by atoms with E-state index in [0.717, 1.165) is 4.88 Å². The first-order valence-corrected chi connectivity index (χ1v) is 7.58. The maximum absolute atomic E-state index is 13.3. The third kappa shape index (κ3) is 3.69. The molecule has 0 aliphatic heterocycles. The fourth-order valence-corrected chi connectivity index (χ4v) is 3.16. The highest BCUT2D eigenvalue weighted by Gasteiger charge is 2.21. The minimum Gasteiger partial charge on any atom is -0.482 e. The average molecular weight is 365 g/mol. The molecule has 0 aliphatic rings. The van der Waals surface area contributed by atoms with Gasteiger partial charge in [-0.3, -0.25) is 0 Å². The second kappa shape index (κ2) is 6.22. The van der Waals surface area contributed by atoms with Crippen LogP contribution in [0.1, 0.15) is 17.9 Å². The van der Waals surface area contributed by atoms with Gasteiger partial charge in [0.25, 0.3) is 0 Å². The zero-order valence-corrected chi connectivity index (χ0v) is 13.2. The number of halogens is 3. The lowest BCUT2D eigenvalue weighted by molar-refractivity contribution is 0.182. The first-order chi connectivity index (χ1) is 8.97. The molecule has 0 bridgehead atoms. The molecule has 0 aliphatic carbocycles. The van der Waals surface area contributed by atoms with E-state index in [1.165, 1.54) is 23.5 Å². The standard InChI is InChI=1S/C13H12BrClFNOS/c1-7(17)13(11-4-5-12(15)19-11)18-10-6-8(16)2-3-9(10)14/h2-7,13H,17H2,1H3. The quantitative estimate of drug-likeness (QED) is 0.848. The lowest BCUT2D eigenvalue weighted by Gasteiger charge is -2.22. The summed E-state index contributed by atoms with van der Waals surface area (Å²) in [6, 6.07) is 7.71. The van der Waals surface area contributed by atoms with Gasteiger partial charge in [0.2, 0.25) is 0 Å². The molecule has 0 saturated carbocycles. The van der Waals surface area contributed by atoms with Crippen molar-refractivity contribution in [3.63, 3.8) is 0 Å². The van der Waals surface area contributed by atoms with Gasteiger partial charge in [-0.2, -0.15) is 0 Å². The molecular weight excluding hydrogens is 353 g/mol. The third-order valence-electron chi connectivity index (χ3n) is 2.50. The molecule has 2 unspecified atom stereocenters. The Morgan fingerprint density at radius 1 is 1.37 bits per heavy atom. The first kappa shape index (κ1) is 14.8. The van der Waals surface area contributed by atoms with E-state index in [4.69, 9.17) is 22.1 Å². The van der Waals surface area contributed by atoms with Crippen molar-refractivity contribution in [2.75, 3.05) is 0 Å². The van der Waals surface area contributed by atoms with Gasteiger partial charge in [0.15, 0.2) is 0 Å².